The lowest BCUT2D eigenvalue weighted by molar-refractivity contribution is 0.0697. The van der Waals surface area contributed by atoms with Crippen molar-refractivity contribution >= 4 is 17.6 Å². The second-order valence-electron chi connectivity index (χ2n) is 2.22. The molecule has 0 aliphatic rings. The number of aromatic nitrogens is 1. The van der Waals surface area contributed by atoms with Gasteiger partial charge in [0.05, 0.1) is 5.56 Å². The fourth-order valence-electron chi connectivity index (χ4n) is 0.494. The monoisotopic (exact) mass is 199 g/mol. The number of hydrogen-bond acceptors (Lipinski definition) is 2. The van der Waals surface area contributed by atoms with E-state index in [1.807, 2.05) is 0 Å². The Morgan fingerprint density at radius 2 is 1.92 bits per heavy atom. The molecule has 0 aromatic carbocycles. The predicted octanol–water partition coefficient (Wildman–Crippen LogP) is 2.54. The summed E-state index contributed by atoms with van der Waals surface area (Å²) in [5.41, 5.74) is 0.269. The molecule has 13 heavy (non-hydrogen) atoms. The maximum Gasteiger partial charge on any atom is 0.335 e. The van der Waals surface area contributed by atoms with Gasteiger partial charge < -0.3 is 5.11 Å². The summed E-state index contributed by atoms with van der Waals surface area (Å²) < 4.78 is 0. The molecule has 0 aliphatic carbocycles. The van der Waals surface area contributed by atoms with E-state index in [0.29, 0.717) is 5.03 Å². The summed E-state index contributed by atoms with van der Waals surface area (Å²) in [6.45, 7) is 5.06. The third kappa shape index (κ3) is 7.03. The Kier molecular flexibility index (Phi) is 5.55. The molecule has 0 aliphatic heterocycles. The standard InChI is InChI=1S/C6H5NO2.C3H5Cl/c8-6(9)5-1-3-7-4-2-5;1-3(2)4/h1-4H,(H,8,9);1H2,2H3. The summed E-state index contributed by atoms with van der Waals surface area (Å²) in [6, 6.07) is 2.89. The third-order valence-electron chi connectivity index (χ3n) is 0.927. The highest BCUT2D eigenvalue weighted by Gasteiger charge is 1.97. The molecule has 1 rings (SSSR count). The molecule has 1 aromatic rings. The van der Waals surface area contributed by atoms with Crippen molar-refractivity contribution < 1.29 is 9.90 Å². The summed E-state index contributed by atoms with van der Waals surface area (Å²) in [4.78, 5) is 13.8. The maximum absolute atomic E-state index is 10.2. The predicted molar refractivity (Wildman–Crippen MR) is 51.9 cm³/mol. The second kappa shape index (κ2) is 6.20. The van der Waals surface area contributed by atoms with Crippen LogP contribution in [0.25, 0.3) is 0 Å². The van der Waals surface area contributed by atoms with E-state index in [-0.39, 0.29) is 5.56 Å². The Hall–Kier alpha value is -1.35. The van der Waals surface area contributed by atoms with Gasteiger partial charge in [-0.25, -0.2) is 4.79 Å². The number of rotatable bonds is 1. The first-order valence-corrected chi connectivity index (χ1v) is 3.86. The Morgan fingerprint density at radius 3 is 2.15 bits per heavy atom. The first kappa shape index (κ1) is 11.6. The Balaban J connectivity index is 0.000000310. The average Bonchev–Trinajstić information content (AvgIpc) is 2.05. The number of halogens is 1. The summed E-state index contributed by atoms with van der Waals surface area (Å²) in [5.74, 6) is -0.919. The van der Waals surface area contributed by atoms with Gasteiger partial charge in [-0.2, -0.15) is 0 Å². The Morgan fingerprint density at radius 1 is 1.54 bits per heavy atom. The molecule has 0 radical (unpaired) electrons. The van der Waals surface area contributed by atoms with Crippen LogP contribution in [0, 0.1) is 0 Å². The summed E-state index contributed by atoms with van der Waals surface area (Å²) in [5, 5.41) is 9.00. The minimum Gasteiger partial charge on any atom is -0.478 e. The van der Waals surface area contributed by atoms with E-state index in [1.54, 1.807) is 6.92 Å². The van der Waals surface area contributed by atoms with Crippen LogP contribution in [-0.2, 0) is 0 Å². The zero-order chi connectivity index (χ0) is 10.3. The largest absolute Gasteiger partial charge is 0.478 e. The van der Waals surface area contributed by atoms with Crippen molar-refractivity contribution in [3.05, 3.63) is 41.7 Å². The third-order valence-corrected chi connectivity index (χ3v) is 0.927. The van der Waals surface area contributed by atoms with Crippen LogP contribution < -0.4 is 0 Å². The SMILES string of the molecule is C=C(C)Cl.O=C(O)c1ccncc1. The van der Waals surface area contributed by atoms with Crippen LogP contribution in [0.3, 0.4) is 0 Å². The van der Waals surface area contributed by atoms with Crippen LogP contribution in [-0.4, -0.2) is 16.1 Å². The number of pyridine rings is 1. The molecular formula is C9H10ClNO2. The molecule has 0 spiro atoms. The van der Waals surface area contributed by atoms with Crippen LogP contribution in [0.4, 0.5) is 0 Å². The molecule has 0 atom stereocenters. The van der Waals surface area contributed by atoms with E-state index in [2.05, 4.69) is 11.6 Å². The van der Waals surface area contributed by atoms with Crippen molar-refractivity contribution in [1.82, 2.24) is 4.98 Å². The Labute approximate surface area is 81.7 Å². The summed E-state index contributed by atoms with van der Waals surface area (Å²) in [7, 11) is 0. The van der Waals surface area contributed by atoms with Crippen molar-refractivity contribution in [2.24, 2.45) is 0 Å². The second-order valence-corrected chi connectivity index (χ2v) is 2.86. The molecule has 4 heteroatoms. The molecule has 1 N–H and O–H groups in total. The minimum atomic E-state index is -0.919. The van der Waals surface area contributed by atoms with Crippen LogP contribution in [0.1, 0.15) is 17.3 Å². The van der Waals surface area contributed by atoms with Crippen LogP contribution >= 0.6 is 11.6 Å². The van der Waals surface area contributed by atoms with Gasteiger partial charge in [0.2, 0.25) is 0 Å². The highest BCUT2D eigenvalue weighted by Crippen LogP contribution is 1.93. The molecule has 0 unspecified atom stereocenters. The van der Waals surface area contributed by atoms with Gasteiger partial charge in [-0.15, -0.1) is 0 Å². The van der Waals surface area contributed by atoms with Crippen molar-refractivity contribution in [3.63, 3.8) is 0 Å². The normalized spacial score (nSPS) is 8.15. The molecule has 0 saturated carbocycles. The van der Waals surface area contributed by atoms with Gasteiger partial charge in [-0.05, 0) is 19.1 Å². The summed E-state index contributed by atoms with van der Waals surface area (Å²) >= 11 is 5.08. The van der Waals surface area contributed by atoms with Crippen molar-refractivity contribution in [2.45, 2.75) is 6.92 Å². The lowest BCUT2D eigenvalue weighted by atomic mass is 10.3. The number of aromatic carboxylic acids is 1. The van der Waals surface area contributed by atoms with Crippen molar-refractivity contribution in [2.75, 3.05) is 0 Å². The molecular weight excluding hydrogens is 190 g/mol. The van der Waals surface area contributed by atoms with Crippen LogP contribution in [0.5, 0.6) is 0 Å². The van der Waals surface area contributed by atoms with Gasteiger partial charge in [-0.3, -0.25) is 4.98 Å². The highest BCUT2D eigenvalue weighted by atomic mass is 35.5. The molecule has 0 fully saturated rings. The molecule has 0 saturated heterocycles. The molecule has 1 heterocycles. The van der Waals surface area contributed by atoms with Gasteiger partial charge in [0.15, 0.2) is 0 Å². The van der Waals surface area contributed by atoms with E-state index in [0.717, 1.165) is 0 Å². The summed E-state index contributed by atoms with van der Waals surface area (Å²) in [6.07, 6.45) is 2.90. The zero-order valence-electron chi connectivity index (χ0n) is 7.20. The van der Waals surface area contributed by atoms with E-state index in [1.165, 1.54) is 24.5 Å². The lowest BCUT2D eigenvalue weighted by Crippen LogP contribution is -1.94. The topological polar surface area (TPSA) is 50.2 Å². The van der Waals surface area contributed by atoms with Gasteiger partial charge in [0.25, 0.3) is 0 Å². The number of allylic oxidation sites excluding steroid dienone is 1. The van der Waals surface area contributed by atoms with Gasteiger partial charge >= 0.3 is 5.97 Å². The number of carbonyl (C=O) groups is 1. The molecule has 0 amide bonds. The molecule has 3 nitrogen and oxygen atoms in total. The van der Waals surface area contributed by atoms with Gasteiger partial charge in [-0.1, -0.05) is 18.2 Å². The molecule has 70 valence electrons. The molecule has 0 bridgehead atoms. The quantitative estimate of drug-likeness (QED) is 0.756. The number of hydrogen-bond donors (Lipinski definition) is 1. The average molecular weight is 200 g/mol. The first-order valence-electron chi connectivity index (χ1n) is 3.48. The van der Waals surface area contributed by atoms with E-state index in [9.17, 15) is 4.79 Å². The smallest absolute Gasteiger partial charge is 0.335 e. The van der Waals surface area contributed by atoms with Gasteiger partial charge in [0.1, 0.15) is 0 Å². The Bertz CT molecular complexity index is 281. The number of carboxylic acid groups (broad SMARTS) is 1. The number of carboxylic acids is 1. The first-order chi connectivity index (χ1) is 6.04. The van der Waals surface area contributed by atoms with E-state index < -0.39 is 5.97 Å². The fourth-order valence-corrected chi connectivity index (χ4v) is 0.494. The van der Waals surface area contributed by atoms with Crippen molar-refractivity contribution in [3.8, 4) is 0 Å². The van der Waals surface area contributed by atoms with Crippen LogP contribution in [0.15, 0.2) is 36.1 Å². The maximum atomic E-state index is 10.2. The highest BCUT2D eigenvalue weighted by molar-refractivity contribution is 6.28. The van der Waals surface area contributed by atoms with E-state index >= 15 is 0 Å². The number of nitrogens with zero attached hydrogens (tertiary/aromatic N) is 1. The lowest BCUT2D eigenvalue weighted by Gasteiger charge is -1.87. The minimum absolute atomic E-state index is 0.269. The van der Waals surface area contributed by atoms with E-state index in [4.69, 9.17) is 16.7 Å². The van der Waals surface area contributed by atoms with Crippen LogP contribution in [0.2, 0.25) is 0 Å². The van der Waals surface area contributed by atoms with Gasteiger partial charge in [0, 0.05) is 17.4 Å². The molecule has 1 aromatic heterocycles. The zero-order valence-corrected chi connectivity index (χ0v) is 7.95. The van der Waals surface area contributed by atoms with Crippen molar-refractivity contribution in [1.29, 1.82) is 0 Å². The fraction of sp³-hybridized carbons (Fsp3) is 0.111.